The van der Waals surface area contributed by atoms with Crippen LogP contribution in [0.2, 0.25) is 5.15 Å². The molecule has 5 rings (SSSR count). The molecular formula is C22H24ClN11O2. The molecule has 1 fully saturated rings. The molecule has 186 valence electrons. The van der Waals surface area contributed by atoms with Crippen molar-refractivity contribution < 1.29 is 9.59 Å². The molecule has 0 unspecified atom stereocenters. The third-order valence-electron chi connectivity index (χ3n) is 6.23. The Labute approximate surface area is 210 Å². The van der Waals surface area contributed by atoms with Crippen molar-refractivity contribution in [2.75, 3.05) is 31.1 Å². The van der Waals surface area contributed by atoms with Gasteiger partial charge in [-0.2, -0.15) is 5.10 Å². The fourth-order valence-corrected chi connectivity index (χ4v) is 4.35. The number of hydrogen-bond donors (Lipinski definition) is 5. The van der Waals surface area contributed by atoms with Crippen LogP contribution in [0, 0.1) is 0 Å². The van der Waals surface area contributed by atoms with Crippen molar-refractivity contribution in [1.29, 1.82) is 0 Å². The summed E-state index contributed by atoms with van der Waals surface area (Å²) in [7, 11) is 0. The first-order chi connectivity index (χ1) is 17.3. The minimum absolute atomic E-state index is 0.0256. The van der Waals surface area contributed by atoms with Gasteiger partial charge in [-0.05, 0) is 12.8 Å². The summed E-state index contributed by atoms with van der Waals surface area (Å²) in [6.07, 6.45) is 1.48. The van der Waals surface area contributed by atoms with E-state index >= 15 is 0 Å². The predicted octanol–water partition coefficient (Wildman–Crippen LogP) is 0.372. The zero-order valence-electron chi connectivity index (χ0n) is 19.2. The monoisotopic (exact) mass is 509 g/mol. The molecule has 1 spiro atoms. The van der Waals surface area contributed by atoms with Gasteiger partial charge >= 0.3 is 0 Å². The Bertz CT molecular complexity index is 1330. The zero-order valence-corrected chi connectivity index (χ0v) is 19.9. The summed E-state index contributed by atoms with van der Waals surface area (Å²) >= 11 is 5.86. The number of halogens is 1. The molecule has 0 bridgehead atoms. The highest BCUT2D eigenvalue weighted by atomic mass is 35.5. The van der Waals surface area contributed by atoms with Gasteiger partial charge in [-0.25, -0.2) is 15.0 Å². The number of amides is 2. The van der Waals surface area contributed by atoms with E-state index in [2.05, 4.69) is 40.8 Å². The van der Waals surface area contributed by atoms with Crippen LogP contribution in [0.3, 0.4) is 0 Å². The number of aliphatic imine (C=N–C) groups is 1. The van der Waals surface area contributed by atoms with E-state index in [4.69, 9.17) is 23.1 Å². The first kappa shape index (κ1) is 23.5. The predicted molar refractivity (Wildman–Crippen MR) is 133 cm³/mol. The highest BCUT2D eigenvalue weighted by Gasteiger charge is 2.40. The maximum absolute atomic E-state index is 12.9. The lowest BCUT2D eigenvalue weighted by Crippen LogP contribution is -2.57. The fourth-order valence-electron chi connectivity index (χ4n) is 4.22. The number of anilines is 2. The quantitative estimate of drug-likeness (QED) is 0.330. The molecule has 7 N–H and O–H groups in total. The van der Waals surface area contributed by atoms with Crippen LogP contribution in [0.4, 0.5) is 11.6 Å². The van der Waals surface area contributed by atoms with Gasteiger partial charge < -0.3 is 21.7 Å². The number of nitrogen functional groups attached to an aromatic ring is 2. The zero-order chi connectivity index (χ0) is 25.3. The highest BCUT2D eigenvalue weighted by molar-refractivity contribution is 6.31. The molecule has 0 saturated carbocycles. The van der Waals surface area contributed by atoms with E-state index in [0.29, 0.717) is 50.1 Å². The minimum atomic E-state index is -0.597. The van der Waals surface area contributed by atoms with Crippen molar-refractivity contribution in [3.8, 4) is 11.4 Å². The van der Waals surface area contributed by atoms with Crippen LogP contribution in [-0.4, -0.2) is 73.0 Å². The molecule has 14 heteroatoms. The Kier molecular flexibility index (Phi) is 6.14. The topological polar surface area (TPSA) is 193 Å². The number of carbonyl (C=O) groups excluding carboxylic acids is 2. The van der Waals surface area contributed by atoms with Crippen molar-refractivity contribution in [3.05, 3.63) is 47.0 Å². The van der Waals surface area contributed by atoms with Gasteiger partial charge in [0.2, 0.25) is 5.91 Å². The number of aromatic amines is 1. The number of guanidine groups is 1. The Morgan fingerprint density at radius 1 is 1.08 bits per heavy atom. The second kappa shape index (κ2) is 9.41. The van der Waals surface area contributed by atoms with Crippen molar-refractivity contribution in [2.45, 2.75) is 24.8 Å². The molecule has 2 aliphatic rings. The van der Waals surface area contributed by atoms with Gasteiger partial charge in [0.05, 0.1) is 18.5 Å². The molecular weight excluding hydrogens is 486 g/mol. The summed E-state index contributed by atoms with van der Waals surface area (Å²) in [5, 5.41) is 12.9. The normalized spacial score (nSPS) is 16.5. The van der Waals surface area contributed by atoms with E-state index in [0.717, 1.165) is 5.56 Å². The first-order valence-corrected chi connectivity index (χ1v) is 11.7. The average molecular weight is 510 g/mol. The lowest BCUT2D eigenvalue weighted by Gasteiger charge is -2.39. The molecule has 0 radical (unpaired) electrons. The maximum atomic E-state index is 12.9. The Balaban J connectivity index is 1.13. The van der Waals surface area contributed by atoms with Gasteiger partial charge in [0.1, 0.15) is 5.82 Å². The van der Waals surface area contributed by atoms with Crippen molar-refractivity contribution in [2.24, 2.45) is 4.99 Å². The van der Waals surface area contributed by atoms with Crippen molar-refractivity contribution in [1.82, 2.24) is 40.7 Å². The maximum Gasteiger partial charge on any atom is 0.280 e. The van der Waals surface area contributed by atoms with Crippen LogP contribution in [0.25, 0.3) is 11.4 Å². The number of carbonyl (C=O) groups is 2. The number of hydrogen-bond acceptors (Lipinski definition) is 10. The Morgan fingerprint density at radius 2 is 1.83 bits per heavy atom. The van der Waals surface area contributed by atoms with Crippen LogP contribution in [0.15, 0.2) is 35.3 Å². The Hall–Kier alpha value is -4.26. The van der Waals surface area contributed by atoms with Gasteiger partial charge in [-0.3, -0.25) is 25.0 Å². The lowest BCUT2D eigenvalue weighted by molar-refractivity contribution is -0.132. The van der Waals surface area contributed by atoms with E-state index in [1.165, 1.54) is 0 Å². The molecule has 1 aromatic carbocycles. The molecule has 3 aromatic rings. The molecule has 2 aliphatic heterocycles. The van der Waals surface area contributed by atoms with E-state index in [-0.39, 0.29) is 40.3 Å². The molecule has 13 nitrogen and oxygen atoms in total. The number of benzene rings is 1. The van der Waals surface area contributed by atoms with Crippen LogP contribution in [-0.2, 0) is 11.2 Å². The second-order valence-electron chi connectivity index (χ2n) is 8.69. The molecule has 1 saturated heterocycles. The molecule has 36 heavy (non-hydrogen) atoms. The standard InChI is InChI=1S/C22H24ClN11O2/c23-16-18(25)29-17(24)15(28-16)20(36)30-21-26-11-22(31-21)6-8-34(9-7-22)14(35)10-13-27-19(33-32-13)12-4-2-1-3-5-12/h1-5H,6-11H2,(H4,24,25,29)(H,27,32,33)(H2,26,30,31,36). The number of nitrogens with two attached hydrogens (primary N) is 2. The van der Waals surface area contributed by atoms with Gasteiger partial charge in [0.15, 0.2) is 34.3 Å². The van der Waals surface area contributed by atoms with Crippen molar-refractivity contribution in [3.63, 3.8) is 0 Å². The van der Waals surface area contributed by atoms with Gasteiger partial charge in [-0.15, -0.1) is 0 Å². The van der Waals surface area contributed by atoms with E-state index in [1.807, 2.05) is 30.3 Å². The number of aromatic nitrogens is 5. The van der Waals surface area contributed by atoms with Crippen LogP contribution >= 0.6 is 11.6 Å². The van der Waals surface area contributed by atoms with Crippen molar-refractivity contribution >= 4 is 41.0 Å². The molecule has 4 heterocycles. The molecule has 0 atom stereocenters. The SMILES string of the molecule is Nc1nc(N)c(C(=O)NC2=NCC3(CCN(C(=O)Cc4nc(-c5ccccc5)n[nH]4)CC3)N2)nc1Cl. The lowest BCUT2D eigenvalue weighted by atomic mass is 9.88. The van der Waals surface area contributed by atoms with Gasteiger partial charge in [0, 0.05) is 18.7 Å². The number of piperidine rings is 1. The Morgan fingerprint density at radius 3 is 2.58 bits per heavy atom. The van der Waals surface area contributed by atoms with E-state index in [9.17, 15) is 9.59 Å². The van der Waals surface area contributed by atoms with E-state index in [1.54, 1.807) is 4.90 Å². The summed E-state index contributed by atoms with van der Waals surface area (Å²) in [5.74, 6) is 0.592. The summed E-state index contributed by atoms with van der Waals surface area (Å²) < 4.78 is 0. The third kappa shape index (κ3) is 4.77. The highest BCUT2D eigenvalue weighted by Crippen LogP contribution is 2.26. The van der Waals surface area contributed by atoms with Gasteiger partial charge in [-0.1, -0.05) is 41.9 Å². The number of rotatable bonds is 4. The first-order valence-electron chi connectivity index (χ1n) is 11.3. The average Bonchev–Trinajstić information content (AvgIpc) is 3.49. The van der Waals surface area contributed by atoms with Crippen LogP contribution in [0.5, 0.6) is 0 Å². The molecule has 0 aliphatic carbocycles. The van der Waals surface area contributed by atoms with E-state index < -0.39 is 5.91 Å². The number of likely N-dealkylation sites (tertiary alicyclic amines) is 1. The van der Waals surface area contributed by atoms with Gasteiger partial charge in [0.25, 0.3) is 5.91 Å². The number of nitrogens with zero attached hydrogens (tertiary/aromatic N) is 6. The van der Waals surface area contributed by atoms with Crippen LogP contribution in [0.1, 0.15) is 29.2 Å². The third-order valence-corrected chi connectivity index (χ3v) is 6.51. The fraction of sp³-hybridized carbons (Fsp3) is 0.318. The second-order valence-corrected chi connectivity index (χ2v) is 9.05. The summed E-state index contributed by atoms with van der Waals surface area (Å²) in [6.45, 7) is 1.57. The minimum Gasteiger partial charge on any atom is -0.382 e. The molecule has 2 aromatic heterocycles. The van der Waals surface area contributed by atoms with Crippen LogP contribution < -0.4 is 22.1 Å². The summed E-state index contributed by atoms with van der Waals surface area (Å²) in [6, 6.07) is 9.58. The number of nitrogens with one attached hydrogen (secondary N) is 3. The smallest absolute Gasteiger partial charge is 0.280 e. The summed E-state index contributed by atoms with van der Waals surface area (Å²) in [4.78, 5) is 43.8. The largest absolute Gasteiger partial charge is 0.382 e. The molecule has 2 amide bonds. The summed E-state index contributed by atoms with van der Waals surface area (Å²) in [5.41, 5.74) is 11.7. The number of H-pyrrole nitrogens is 1.